The third kappa shape index (κ3) is 22.4. The van der Waals surface area contributed by atoms with E-state index in [1.54, 1.807) is 0 Å². The molecule has 0 aromatic carbocycles. The van der Waals surface area contributed by atoms with Crippen molar-refractivity contribution in [2.75, 3.05) is 26.4 Å². The van der Waals surface area contributed by atoms with Crippen LogP contribution in [0.1, 0.15) is 142 Å². The Kier molecular flexibility index (Phi) is 25.2. The van der Waals surface area contributed by atoms with Crippen molar-refractivity contribution in [2.24, 2.45) is 0 Å². The summed E-state index contributed by atoms with van der Waals surface area (Å²) in [5, 5.41) is 50.6. The van der Waals surface area contributed by atoms with Crippen molar-refractivity contribution in [2.45, 2.75) is 179 Å². The first-order chi connectivity index (χ1) is 21.2. The van der Waals surface area contributed by atoms with Crippen LogP contribution in [-0.2, 0) is 19.0 Å². The van der Waals surface area contributed by atoms with Gasteiger partial charge in [0.05, 0.1) is 44.7 Å². The van der Waals surface area contributed by atoms with Gasteiger partial charge in [-0.1, -0.05) is 110 Å². The lowest BCUT2D eigenvalue weighted by Crippen LogP contribution is -2.36. The van der Waals surface area contributed by atoms with Crippen LogP contribution in [0.3, 0.4) is 0 Å². The number of aliphatic hydroxyl groups is 5. The van der Waals surface area contributed by atoms with Gasteiger partial charge in [-0.3, -0.25) is 0 Å². The summed E-state index contributed by atoms with van der Waals surface area (Å²) in [7, 11) is 0. The van der Waals surface area contributed by atoms with Gasteiger partial charge in [-0.25, -0.2) is 4.79 Å². The second-order valence-electron chi connectivity index (χ2n) is 12.8. The lowest BCUT2D eigenvalue weighted by atomic mass is 9.99. The number of ether oxygens (including phenoxy) is 3. The van der Waals surface area contributed by atoms with E-state index in [0.717, 1.165) is 76.2 Å². The molecule has 0 unspecified atom stereocenters. The van der Waals surface area contributed by atoms with E-state index < -0.39 is 30.5 Å². The van der Waals surface area contributed by atoms with E-state index in [1.165, 1.54) is 44.6 Å². The van der Waals surface area contributed by atoms with Crippen LogP contribution < -0.4 is 0 Å². The molecule has 0 fully saturated rings. The van der Waals surface area contributed by atoms with E-state index in [-0.39, 0.29) is 38.5 Å². The van der Waals surface area contributed by atoms with E-state index >= 15 is 0 Å². The van der Waals surface area contributed by atoms with Crippen LogP contribution in [0, 0.1) is 0 Å². The molecule has 260 valence electrons. The van der Waals surface area contributed by atoms with Crippen molar-refractivity contribution in [3.63, 3.8) is 0 Å². The Hall–Kier alpha value is -1.07. The molecular formula is C35H66O9. The molecule has 0 aromatic rings. The maximum Gasteiger partial charge on any atom is 0.331 e. The van der Waals surface area contributed by atoms with Gasteiger partial charge in [0.25, 0.3) is 0 Å². The highest BCUT2D eigenvalue weighted by Gasteiger charge is 2.23. The Morgan fingerprint density at radius 2 is 1.00 bits per heavy atom. The first kappa shape index (κ1) is 41.0. The number of aliphatic hydroxyl groups excluding tert-OH is 5. The van der Waals surface area contributed by atoms with Gasteiger partial charge in [0.15, 0.2) is 0 Å². The van der Waals surface area contributed by atoms with Crippen molar-refractivity contribution in [3.8, 4) is 0 Å². The quantitative estimate of drug-likeness (QED) is 0.0494. The van der Waals surface area contributed by atoms with Crippen LogP contribution in [0.5, 0.6) is 0 Å². The predicted molar refractivity (Wildman–Crippen MR) is 173 cm³/mol. The van der Waals surface area contributed by atoms with E-state index in [2.05, 4.69) is 6.92 Å². The van der Waals surface area contributed by atoms with Crippen LogP contribution in [0.4, 0.5) is 0 Å². The number of unbranched alkanes of at least 4 members (excludes halogenated alkanes) is 14. The minimum Gasteiger partial charge on any atom is -0.455 e. The summed E-state index contributed by atoms with van der Waals surface area (Å²) >= 11 is 0. The molecule has 0 radical (unpaired) electrons. The highest BCUT2D eigenvalue weighted by atomic mass is 16.5. The molecule has 0 aliphatic carbocycles. The fraction of sp³-hybridized carbons (Fsp3) is 0.914. The normalized spacial score (nSPS) is 18.6. The Bertz CT molecular complexity index is 716. The van der Waals surface area contributed by atoms with Gasteiger partial charge in [-0.2, -0.15) is 0 Å². The third-order valence-electron chi connectivity index (χ3n) is 8.45. The fourth-order valence-electron chi connectivity index (χ4n) is 5.52. The van der Waals surface area contributed by atoms with E-state index in [4.69, 9.17) is 14.2 Å². The summed E-state index contributed by atoms with van der Waals surface area (Å²) in [4.78, 5) is 11.3. The molecule has 44 heavy (non-hydrogen) atoms. The van der Waals surface area contributed by atoms with Gasteiger partial charge < -0.3 is 39.7 Å². The standard InChI is InChI=1S/C35H66O9/c1-3-4-5-6-7-10-14-17-20-31(37)24-42-26-33(39)34(40)27-43-25-32(38)21-18-15-12-9-8-11-13-16-19-30(36)22-29-23-35(41)44-28(29)2/h23,28,30-34,36-40H,3-22,24-27H2,1-2H3/t28-,30-,31-,32-,33+,34+/m0/s1. The number of hydrogen-bond acceptors (Lipinski definition) is 9. The number of carbonyl (C=O) groups is 1. The minimum atomic E-state index is -1.11. The van der Waals surface area contributed by atoms with Gasteiger partial charge in [0.2, 0.25) is 0 Å². The van der Waals surface area contributed by atoms with E-state index in [1.807, 2.05) is 6.92 Å². The predicted octanol–water partition coefficient (Wildman–Crippen LogP) is 5.52. The summed E-state index contributed by atoms with van der Waals surface area (Å²) in [6.07, 6.45) is 18.4. The SMILES string of the molecule is CCCCCCCCCC[C@H](O)COC[C@@H](O)[C@H](O)COC[C@@H](O)CCCCCCCCCC[C@H](O)CC1=CC(=O)O[C@H]1C. The fourth-order valence-corrected chi connectivity index (χ4v) is 5.52. The zero-order chi connectivity index (χ0) is 32.4. The van der Waals surface area contributed by atoms with Crippen LogP contribution >= 0.6 is 0 Å². The van der Waals surface area contributed by atoms with Gasteiger partial charge in [-0.15, -0.1) is 0 Å². The zero-order valence-corrected chi connectivity index (χ0v) is 27.9. The molecule has 1 aliphatic rings. The Balaban J connectivity index is 1.89. The Morgan fingerprint density at radius 1 is 0.614 bits per heavy atom. The second kappa shape index (κ2) is 27.1. The summed E-state index contributed by atoms with van der Waals surface area (Å²) < 4.78 is 15.9. The Morgan fingerprint density at radius 3 is 1.39 bits per heavy atom. The highest BCUT2D eigenvalue weighted by molar-refractivity contribution is 5.85. The monoisotopic (exact) mass is 630 g/mol. The largest absolute Gasteiger partial charge is 0.455 e. The zero-order valence-electron chi connectivity index (χ0n) is 27.9. The van der Waals surface area contributed by atoms with Gasteiger partial charge in [0, 0.05) is 6.08 Å². The molecule has 5 N–H and O–H groups in total. The van der Waals surface area contributed by atoms with Crippen LogP contribution in [-0.4, -0.2) is 94.6 Å². The topological polar surface area (TPSA) is 146 Å². The molecule has 0 bridgehead atoms. The van der Waals surface area contributed by atoms with Crippen molar-refractivity contribution >= 4 is 5.97 Å². The summed E-state index contributed by atoms with van der Waals surface area (Å²) in [5.74, 6) is -0.312. The maximum atomic E-state index is 11.3. The van der Waals surface area contributed by atoms with E-state index in [9.17, 15) is 30.3 Å². The molecule has 1 heterocycles. The number of carbonyl (C=O) groups excluding carboxylic acids is 1. The third-order valence-corrected chi connectivity index (χ3v) is 8.45. The molecule has 9 nitrogen and oxygen atoms in total. The molecule has 0 saturated carbocycles. The maximum absolute atomic E-state index is 11.3. The molecule has 0 spiro atoms. The second-order valence-corrected chi connectivity index (χ2v) is 12.8. The number of cyclic esters (lactones) is 1. The lowest BCUT2D eigenvalue weighted by Gasteiger charge is -2.20. The molecule has 1 rings (SSSR count). The first-order valence-electron chi connectivity index (χ1n) is 17.7. The molecule has 1 aliphatic heterocycles. The molecule has 0 aromatic heterocycles. The van der Waals surface area contributed by atoms with Crippen molar-refractivity contribution in [1.82, 2.24) is 0 Å². The molecule has 9 heteroatoms. The molecule has 0 saturated heterocycles. The van der Waals surface area contributed by atoms with Crippen molar-refractivity contribution in [1.29, 1.82) is 0 Å². The molecule has 0 amide bonds. The first-order valence-corrected chi connectivity index (χ1v) is 17.7. The lowest BCUT2D eigenvalue weighted by molar-refractivity contribution is -0.138. The summed E-state index contributed by atoms with van der Waals surface area (Å²) in [5.41, 5.74) is 0.883. The van der Waals surface area contributed by atoms with Crippen LogP contribution in [0.2, 0.25) is 0 Å². The van der Waals surface area contributed by atoms with Crippen molar-refractivity contribution in [3.05, 3.63) is 11.6 Å². The number of rotatable bonds is 31. The van der Waals surface area contributed by atoms with Gasteiger partial charge >= 0.3 is 5.97 Å². The smallest absolute Gasteiger partial charge is 0.331 e. The van der Waals surface area contributed by atoms with Crippen molar-refractivity contribution < 1.29 is 44.5 Å². The Labute approximate surface area is 267 Å². The van der Waals surface area contributed by atoms with E-state index in [0.29, 0.717) is 19.3 Å². The highest BCUT2D eigenvalue weighted by Crippen LogP contribution is 2.22. The molecular weight excluding hydrogens is 564 g/mol. The summed E-state index contributed by atoms with van der Waals surface area (Å²) in [6, 6.07) is 0. The van der Waals surface area contributed by atoms with Gasteiger partial charge in [-0.05, 0) is 38.2 Å². The van der Waals surface area contributed by atoms with Gasteiger partial charge in [0.1, 0.15) is 18.3 Å². The number of hydrogen-bond donors (Lipinski definition) is 5. The average Bonchev–Trinajstić information content (AvgIpc) is 3.30. The summed E-state index contributed by atoms with van der Waals surface area (Å²) in [6.45, 7) is 4.17. The number of esters is 1. The minimum absolute atomic E-state index is 0.0691. The van der Waals surface area contributed by atoms with Crippen LogP contribution in [0.25, 0.3) is 0 Å². The van der Waals surface area contributed by atoms with Crippen LogP contribution in [0.15, 0.2) is 11.6 Å². The average molecular weight is 631 g/mol. The molecule has 6 atom stereocenters.